The van der Waals surface area contributed by atoms with E-state index in [1.165, 1.54) is 12.1 Å². The smallest absolute Gasteiger partial charge is 0.331 e. The highest BCUT2D eigenvalue weighted by Gasteiger charge is 2.11. The number of amides is 1. The van der Waals surface area contributed by atoms with Crippen LogP contribution in [-0.2, 0) is 9.59 Å². The monoisotopic (exact) mass is 365 g/mol. The lowest BCUT2D eigenvalue weighted by atomic mass is 10.1. The second-order valence-corrected chi connectivity index (χ2v) is 5.69. The van der Waals surface area contributed by atoms with Gasteiger partial charge in [-0.15, -0.1) is 0 Å². The van der Waals surface area contributed by atoms with Gasteiger partial charge < -0.3 is 15.2 Å². The Hall–Kier alpha value is -3.67. The van der Waals surface area contributed by atoms with Crippen LogP contribution in [-0.4, -0.2) is 29.9 Å². The van der Waals surface area contributed by atoms with E-state index in [-0.39, 0.29) is 17.8 Å². The Balaban J connectivity index is 2.03. The molecule has 6 nitrogen and oxygen atoms in total. The zero-order valence-corrected chi connectivity index (χ0v) is 14.8. The van der Waals surface area contributed by atoms with Crippen LogP contribution in [0.5, 0.6) is 5.75 Å². The zero-order valence-electron chi connectivity index (χ0n) is 14.8. The van der Waals surface area contributed by atoms with Gasteiger partial charge in [0.25, 0.3) is 0 Å². The van der Waals surface area contributed by atoms with E-state index in [1.54, 1.807) is 43.5 Å². The molecule has 0 aliphatic rings. The second-order valence-electron chi connectivity index (χ2n) is 5.69. The minimum absolute atomic E-state index is 0.206. The number of hydrogen-bond donors (Lipinski definition) is 2. The second kappa shape index (κ2) is 9.15. The van der Waals surface area contributed by atoms with Gasteiger partial charge in [-0.05, 0) is 35.9 Å². The molecule has 0 aliphatic carbocycles. The fourth-order valence-corrected chi connectivity index (χ4v) is 2.21. The third-order valence-electron chi connectivity index (χ3n) is 3.65. The molecule has 0 saturated heterocycles. The number of allylic oxidation sites excluding steroid dienone is 1. The third kappa shape index (κ3) is 5.97. The van der Waals surface area contributed by atoms with Gasteiger partial charge in [0.2, 0.25) is 5.91 Å². The molecule has 0 radical (unpaired) electrons. The summed E-state index contributed by atoms with van der Waals surface area (Å²) >= 11 is 0. The number of methoxy groups -OCH3 is 1. The molecule has 2 N–H and O–H groups in total. The summed E-state index contributed by atoms with van der Waals surface area (Å²) in [5.41, 5.74) is 1.44. The van der Waals surface area contributed by atoms with E-state index >= 15 is 0 Å². The molecule has 2 aromatic carbocycles. The molecule has 6 heteroatoms. The fourth-order valence-electron chi connectivity index (χ4n) is 2.21. The predicted octanol–water partition coefficient (Wildman–Crippen LogP) is 3.56. The fraction of sp³-hybridized carbons (Fsp3) is 0.0952. The van der Waals surface area contributed by atoms with Gasteiger partial charge in [0.05, 0.1) is 13.5 Å². The number of carbonyl (C=O) groups is 3. The summed E-state index contributed by atoms with van der Waals surface area (Å²) in [6.45, 7) is 3.31. The highest BCUT2D eigenvalue weighted by molar-refractivity contribution is 6.08. The molecule has 0 spiro atoms. The van der Waals surface area contributed by atoms with E-state index in [0.717, 1.165) is 11.3 Å². The van der Waals surface area contributed by atoms with E-state index < -0.39 is 11.9 Å². The number of carboxylic acids is 1. The molecule has 0 heterocycles. The Labute approximate surface area is 156 Å². The van der Waals surface area contributed by atoms with Gasteiger partial charge in [-0.3, -0.25) is 9.59 Å². The molecule has 0 aromatic heterocycles. The summed E-state index contributed by atoms with van der Waals surface area (Å²) in [6.07, 6.45) is 2.80. The number of ketones is 1. The molecule has 0 bridgehead atoms. The Morgan fingerprint density at radius 3 is 2.48 bits per heavy atom. The zero-order chi connectivity index (χ0) is 19.8. The molecular weight excluding hydrogens is 346 g/mol. The van der Waals surface area contributed by atoms with Crippen LogP contribution in [0.1, 0.15) is 22.3 Å². The third-order valence-corrected chi connectivity index (χ3v) is 3.65. The lowest BCUT2D eigenvalue weighted by molar-refractivity contribution is -0.133. The number of nitrogens with one attached hydrogen (secondary N) is 1. The molecular formula is C21H19NO5. The van der Waals surface area contributed by atoms with Crippen molar-refractivity contribution in [1.29, 1.82) is 0 Å². The van der Waals surface area contributed by atoms with E-state index in [1.807, 2.05) is 12.1 Å². The first-order valence-corrected chi connectivity index (χ1v) is 8.06. The molecule has 2 aromatic rings. The van der Waals surface area contributed by atoms with E-state index in [4.69, 9.17) is 9.84 Å². The maximum absolute atomic E-state index is 12.3. The molecule has 0 fully saturated rings. The van der Waals surface area contributed by atoms with E-state index in [0.29, 0.717) is 11.3 Å². The SMILES string of the molecule is C=C(CC(=O)Nc1cccc(C(=O)C=Cc2ccc(OC)cc2)c1)C(=O)O. The average molecular weight is 365 g/mol. The Morgan fingerprint density at radius 2 is 1.85 bits per heavy atom. The molecule has 27 heavy (non-hydrogen) atoms. The van der Waals surface area contributed by atoms with Crippen molar-refractivity contribution in [2.45, 2.75) is 6.42 Å². The number of ether oxygens (including phenoxy) is 1. The number of rotatable bonds is 8. The topological polar surface area (TPSA) is 92.7 Å². The van der Waals surface area contributed by atoms with Gasteiger partial charge >= 0.3 is 5.97 Å². The maximum atomic E-state index is 12.3. The predicted molar refractivity (Wildman–Crippen MR) is 103 cm³/mol. The molecule has 0 unspecified atom stereocenters. The number of aliphatic carboxylic acids is 1. The van der Waals surface area contributed by atoms with Crippen LogP contribution in [0.25, 0.3) is 6.08 Å². The molecule has 0 saturated carbocycles. The summed E-state index contributed by atoms with van der Waals surface area (Å²) in [5, 5.41) is 11.3. The van der Waals surface area contributed by atoms with Crippen molar-refractivity contribution in [3.8, 4) is 5.75 Å². The van der Waals surface area contributed by atoms with Crippen LogP contribution in [0.15, 0.2) is 66.8 Å². The summed E-state index contributed by atoms with van der Waals surface area (Å²) in [4.78, 5) is 34.9. The van der Waals surface area contributed by atoms with Crippen LogP contribution in [0, 0.1) is 0 Å². The lowest BCUT2D eigenvalue weighted by Crippen LogP contribution is -2.15. The highest BCUT2D eigenvalue weighted by atomic mass is 16.5. The van der Waals surface area contributed by atoms with Crippen LogP contribution in [0.3, 0.4) is 0 Å². The normalized spacial score (nSPS) is 10.4. The van der Waals surface area contributed by atoms with Crippen molar-refractivity contribution in [2.24, 2.45) is 0 Å². The van der Waals surface area contributed by atoms with Gasteiger partial charge in [0, 0.05) is 16.8 Å². The van der Waals surface area contributed by atoms with Gasteiger partial charge in [-0.2, -0.15) is 0 Å². The molecule has 2 rings (SSSR count). The largest absolute Gasteiger partial charge is 0.497 e. The Morgan fingerprint density at radius 1 is 1.15 bits per heavy atom. The van der Waals surface area contributed by atoms with Crippen molar-refractivity contribution >= 4 is 29.4 Å². The van der Waals surface area contributed by atoms with Crippen molar-refractivity contribution in [1.82, 2.24) is 0 Å². The molecule has 1 amide bonds. The van der Waals surface area contributed by atoms with Crippen molar-refractivity contribution < 1.29 is 24.2 Å². The number of anilines is 1. The molecule has 0 aliphatic heterocycles. The van der Waals surface area contributed by atoms with Crippen LogP contribution in [0.2, 0.25) is 0 Å². The first kappa shape index (κ1) is 19.7. The summed E-state index contributed by atoms with van der Waals surface area (Å²) in [5.74, 6) is -1.23. The van der Waals surface area contributed by atoms with Crippen LogP contribution in [0.4, 0.5) is 5.69 Å². The lowest BCUT2D eigenvalue weighted by Gasteiger charge is -2.06. The molecule has 0 atom stereocenters. The van der Waals surface area contributed by atoms with Crippen molar-refractivity contribution in [3.05, 3.63) is 77.9 Å². The molecule has 138 valence electrons. The van der Waals surface area contributed by atoms with E-state index in [2.05, 4.69) is 11.9 Å². The van der Waals surface area contributed by atoms with E-state index in [9.17, 15) is 14.4 Å². The standard InChI is InChI=1S/C21H19NO5/c1-14(21(25)26)12-20(24)22-17-5-3-4-16(13-17)19(23)11-8-15-6-9-18(27-2)10-7-15/h3-11,13H,1,12H2,2H3,(H,22,24)(H,25,26). The Kier molecular flexibility index (Phi) is 6.66. The minimum atomic E-state index is -1.22. The van der Waals surface area contributed by atoms with Crippen molar-refractivity contribution in [2.75, 3.05) is 12.4 Å². The summed E-state index contributed by atoms with van der Waals surface area (Å²) < 4.78 is 5.08. The van der Waals surface area contributed by atoms with Crippen LogP contribution < -0.4 is 10.1 Å². The number of benzene rings is 2. The van der Waals surface area contributed by atoms with Crippen LogP contribution >= 0.6 is 0 Å². The first-order valence-electron chi connectivity index (χ1n) is 8.06. The maximum Gasteiger partial charge on any atom is 0.331 e. The first-order chi connectivity index (χ1) is 12.9. The van der Waals surface area contributed by atoms with Gasteiger partial charge in [-0.25, -0.2) is 4.79 Å². The minimum Gasteiger partial charge on any atom is -0.497 e. The number of carbonyl (C=O) groups excluding carboxylic acids is 2. The number of hydrogen-bond acceptors (Lipinski definition) is 4. The van der Waals surface area contributed by atoms with Crippen molar-refractivity contribution in [3.63, 3.8) is 0 Å². The number of carboxylic acid groups (broad SMARTS) is 1. The Bertz CT molecular complexity index is 897. The van der Waals surface area contributed by atoms with Gasteiger partial charge in [0.1, 0.15) is 5.75 Å². The quantitative estimate of drug-likeness (QED) is 0.551. The van der Waals surface area contributed by atoms with Gasteiger partial charge in [-0.1, -0.05) is 36.9 Å². The average Bonchev–Trinajstić information content (AvgIpc) is 2.66. The highest BCUT2D eigenvalue weighted by Crippen LogP contribution is 2.15. The van der Waals surface area contributed by atoms with Gasteiger partial charge in [0.15, 0.2) is 5.78 Å². The summed E-state index contributed by atoms with van der Waals surface area (Å²) in [6, 6.07) is 13.7. The summed E-state index contributed by atoms with van der Waals surface area (Å²) in [7, 11) is 1.58.